The monoisotopic (exact) mass is 281 g/mol. The molecule has 2 heterocycles. The SMILES string of the molecule is CCCN(CC(=O)O)Cc1noc(-c2cccs2)n1. The van der Waals surface area contributed by atoms with Gasteiger partial charge in [0.1, 0.15) is 0 Å². The maximum absolute atomic E-state index is 10.8. The maximum Gasteiger partial charge on any atom is 0.317 e. The molecule has 0 aromatic carbocycles. The largest absolute Gasteiger partial charge is 0.480 e. The molecular formula is C12H15N3O3S. The van der Waals surface area contributed by atoms with E-state index in [-0.39, 0.29) is 6.54 Å². The third kappa shape index (κ3) is 3.87. The number of aromatic nitrogens is 2. The summed E-state index contributed by atoms with van der Waals surface area (Å²) in [5.74, 6) is 0.144. The average molecular weight is 281 g/mol. The fraction of sp³-hybridized carbons (Fsp3) is 0.417. The third-order valence-electron chi connectivity index (χ3n) is 2.46. The summed E-state index contributed by atoms with van der Waals surface area (Å²) in [4.78, 5) is 17.7. The Hall–Kier alpha value is -1.73. The van der Waals surface area contributed by atoms with Crippen molar-refractivity contribution in [3.63, 3.8) is 0 Å². The summed E-state index contributed by atoms with van der Waals surface area (Å²) < 4.78 is 5.17. The lowest BCUT2D eigenvalue weighted by Crippen LogP contribution is -2.30. The molecular weight excluding hydrogens is 266 g/mol. The predicted molar refractivity (Wildman–Crippen MR) is 70.8 cm³/mol. The number of thiophene rings is 1. The quantitative estimate of drug-likeness (QED) is 0.837. The first kappa shape index (κ1) is 13.7. The van der Waals surface area contributed by atoms with Crippen LogP contribution in [0.3, 0.4) is 0 Å². The Balaban J connectivity index is 2.03. The molecule has 2 aromatic rings. The lowest BCUT2D eigenvalue weighted by Gasteiger charge is -2.16. The second-order valence-electron chi connectivity index (χ2n) is 4.10. The molecule has 0 spiro atoms. The second-order valence-corrected chi connectivity index (χ2v) is 5.05. The van der Waals surface area contributed by atoms with Crippen LogP contribution in [-0.4, -0.2) is 39.2 Å². The van der Waals surface area contributed by atoms with Gasteiger partial charge in [0.05, 0.1) is 18.0 Å². The zero-order valence-electron chi connectivity index (χ0n) is 10.6. The van der Waals surface area contributed by atoms with Gasteiger partial charge in [0.25, 0.3) is 5.89 Å². The number of nitrogens with zero attached hydrogens (tertiary/aromatic N) is 3. The van der Waals surface area contributed by atoms with Crippen molar-refractivity contribution < 1.29 is 14.4 Å². The van der Waals surface area contributed by atoms with E-state index in [4.69, 9.17) is 9.63 Å². The van der Waals surface area contributed by atoms with Crippen LogP contribution >= 0.6 is 11.3 Å². The number of carboxylic acids is 1. The van der Waals surface area contributed by atoms with Crippen molar-refractivity contribution >= 4 is 17.3 Å². The first-order valence-electron chi connectivity index (χ1n) is 5.99. The van der Waals surface area contributed by atoms with Crippen LogP contribution in [0, 0.1) is 0 Å². The fourth-order valence-electron chi connectivity index (χ4n) is 1.74. The molecule has 7 heteroatoms. The fourth-order valence-corrected chi connectivity index (χ4v) is 2.38. The van der Waals surface area contributed by atoms with Gasteiger partial charge >= 0.3 is 5.97 Å². The van der Waals surface area contributed by atoms with Gasteiger partial charge < -0.3 is 9.63 Å². The second kappa shape index (κ2) is 6.44. The van der Waals surface area contributed by atoms with E-state index in [2.05, 4.69) is 10.1 Å². The van der Waals surface area contributed by atoms with Crippen LogP contribution in [0.5, 0.6) is 0 Å². The van der Waals surface area contributed by atoms with Crippen LogP contribution in [0.1, 0.15) is 19.2 Å². The summed E-state index contributed by atoms with van der Waals surface area (Å²) in [6.45, 7) is 3.06. The van der Waals surface area contributed by atoms with E-state index in [9.17, 15) is 4.79 Å². The molecule has 0 aliphatic heterocycles. The van der Waals surface area contributed by atoms with Crippen molar-refractivity contribution in [3.8, 4) is 10.8 Å². The molecule has 0 atom stereocenters. The molecule has 2 rings (SSSR count). The Morgan fingerprint density at radius 1 is 1.58 bits per heavy atom. The van der Waals surface area contributed by atoms with Crippen LogP contribution in [0.4, 0.5) is 0 Å². The normalized spacial score (nSPS) is 11.1. The van der Waals surface area contributed by atoms with Gasteiger partial charge in [-0.1, -0.05) is 18.1 Å². The molecule has 0 radical (unpaired) electrons. The minimum absolute atomic E-state index is 0.0171. The summed E-state index contributed by atoms with van der Waals surface area (Å²) in [5.41, 5.74) is 0. The van der Waals surface area contributed by atoms with E-state index < -0.39 is 5.97 Å². The van der Waals surface area contributed by atoms with Gasteiger partial charge in [-0.15, -0.1) is 11.3 Å². The van der Waals surface area contributed by atoms with Gasteiger partial charge in [-0.2, -0.15) is 4.98 Å². The van der Waals surface area contributed by atoms with Crippen molar-refractivity contribution in [2.24, 2.45) is 0 Å². The average Bonchev–Trinajstić information content (AvgIpc) is 2.97. The molecule has 1 N–H and O–H groups in total. The van der Waals surface area contributed by atoms with Gasteiger partial charge in [0.2, 0.25) is 0 Å². The Morgan fingerprint density at radius 2 is 2.42 bits per heavy atom. The van der Waals surface area contributed by atoms with Crippen molar-refractivity contribution in [2.45, 2.75) is 19.9 Å². The summed E-state index contributed by atoms with van der Waals surface area (Å²) in [6, 6.07) is 3.82. The Kier molecular flexibility index (Phi) is 4.64. The molecule has 0 amide bonds. The Bertz CT molecular complexity index is 524. The van der Waals surface area contributed by atoms with Crippen LogP contribution in [-0.2, 0) is 11.3 Å². The maximum atomic E-state index is 10.8. The molecule has 2 aromatic heterocycles. The highest BCUT2D eigenvalue weighted by molar-refractivity contribution is 7.13. The zero-order valence-corrected chi connectivity index (χ0v) is 11.4. The van der Waals surface area contributed by atoms with Crippen molar-refractivity contribution in [1.82, 2.24) is 15.0 Å². The lowest BCUT2D eigenvalue weighted by atomic mass is 10.4. The molecule has 0 fully saturated rings. The van der Waals surface area contributed by atoms with Crippen molar-refractivity contribution in [3.05, 3.63) is 23.3 Å². The van der Waals surface area contributed by atoms with Crippen LogP contribution in [0.15, 0.2) is 22.0 Å². The number of carboxylic acid groups (broad SMARTS) is 1. The van der Waals surface area contributed by atoms with Crippen molar-refractivity contribution in [2.75, 3.05) is 13.1 Å². The van der Waals surface area contributed by atoms with Crippen LogP contribution in [0.25, 0.3) is 10.8 Å². The predicted octanol–water partition coefficient (Wildman–Crippen LogP) is 2.09. The summed E-state index contributed by atoms with van der Waals surface area (Å²) in [6.07, 6.45) is 0.878. The van der Waals surface area contributed by atoms with Gasteiger partial charge in [-0.05, 0) is 24.4 Å². The first-order valence-corrected chi connectivity index (χ1v) is 6.87. The highest BCUT2D eigenvalue weighted by atomic mass is 32.1. The third-order valence-corrected chi connectivity index (χ3v) is 3.32. The Labute approximate surface area is 114 Å². The summed E-state index contributed by atoms with van der Waals surface area (Å²) in [7, 11) is 0. The van der Waals surface area contributed by atoms with Gasteiger partial charge in [-0.25, -0.2) is 0 Å². The van der Waals surface area contributed by atoms with E-state index in [0.29, 0.717) is 24.8 Å². The molecule has 0 saturated heterocycles. The molecule has 102 valence electrons. The molecule has 0 aliphatic carbocycles. The summed E-state index contributed by atoms with van der Waals surface area (Å²) in [5, 5.41) is 14.7. The van der Waals surface area contributed by atoms with E-state index in [1.807, 2.05) is 24.4 Å². The zero-order chi connectivity index (χ0) is 13.7. The topological polar surface area (TPSA) is 79.5 Å². The lowest BCUT2D eigenvalue weighted by molar-refractivity contribution is -0.138. The van der Waals surface area contributed by atoms with E-state index in [1.54, 1.807) is 4.90 Å². The minimum atomic E-state index is -0.851. The van der Waals surface area contributed by atoms with E-state index in [0.717, 1.165) is 11.3 Å². The minimum Gasteiger partial charge on any atom is -0.480 e. The molecule has 19 heavy (non-hydrogen) atoms. The number of carbonyl (C=O) groups is 1. The number of rotatable bonds is 7. The standard InChI is InChI=1S/C12H15N3O3S/c1-2-5-15(8-11(16)17)7-10-13-12(18-14-10)9-4-3-6-19-9/h3-4,6H,2,5,7-8H2,1H3,(H,16,17). The van der Waals surface area contributed by atoms with Crippen LogP contribution < -0.4 is 0 Å². The first-order chi connectivity index (χ1) is 9.19. The number of hydrogen-bond acceptors (Lipinski definition) is 6. The Morgan fingerprint density at radius 3 is 3.05 bits per heavy atom. The van der Waals surface area contributed by atoms with Crippen LogP contribution in [0.2, 0.25) is 0 Å². The molecule has 6 nitrogen and oxygen atoms in total. The smallest absolute Gasteiger partial charge is 0.317 e. The highest BCUT2D eigenvalue weighted by Crippen LogP contribution is 2.22. The van der Waals surface area contributed by atoms with Gasteiger partial charge in [-0.3, -0.25) is 9.69 Å². The van der Waals surface area contributed by atoms with Gasteiger partial charge in [0, 0.05) is 0 Å². The molecule has 0 saturated carbocycles. The van der Waals surface area contributed by atoms with Crippen molar-refractivity contribution in [1.29, 1.82) is 0 Å². The number of hydrogen-bond donors (Lipinski definition) is 1. The van der Waals surface area contributed by atoms with E-state index in [1.165, 1.54) is 11.3 Å². The molecule has 0 aliphatic rings. The number of aliphatic carboxylic acids is 1. The molecule has 0 bridgehead atoms. The highest BCUT2D eigenvalue weighted by Gasteiger charge is 2.14. The molecule has 0 unspecified atom stereocenters. The summed E-state index contributed by atoms with van der Waals surface area (Å²) >= 11 is 1.53. The van der Waals surface area contributed by atoms with E-state index >= 15 is 0 Å². The van der Waals surface area contributed by atoms with Gasteiger partial charge in [0.15, 0.2) is 5.82 Å².